The van der Waals surface area contributed by atoms with Crippen molar-refractivity contribution < 1.29 is 32.3 Å². The van der Waals surface area contributed by atoms with Gasteiger partial charge in [-0.25, -0.2) is 8.42 Å². The number of rotatable bonds is 7. The van der Waals surface area contributed by atoms with E-state index in [1.807, 2.05) is 0 Å². The molecule has 0 spiro atoms. The summed E-state index contributed by atoms with van der Waals surface area (Å²) in [6.07, 6.45) is 0.945. The number of hydrogen-bond donors (Lipinski definition) is 1. The number of carbonyl (C=O) groups excluding carboxylic acids is 3. The van der Waals surface area contributed by atoms with E-state index in [0.29, 0.717) is 17.3 Å². The fourth-order valence-electron chi connectivity index (χ4n) is 3.51. The zero-order chi connectivity index (χ0) is 22.9. The highest BCUT2D eigenvalue weighted by Gasteiger charge is 2.46. The van der Waals surface area contributed by atoms with Crippen LogP contribution in [-0.4, -0.2) is 51.0 Å². The van der Waals surface area contributed by atoms with E-state index in [1.54, 1.807) is 6.92 Å². The number of anilines is 1. The molecule has 10 heteroatoms. The number of benzene rings is 2. The second-order valence-electron chi connectivity index (χ2n) is 6.91. The fourth-order valence-corrected chi connectivity index (χ4v) is 4.73. The standard InChI is InChI=1S/C21H22N2O7S/c1-5-30-17-11-13(9-10-16(17)29-3)21(31(4,27)28)23-19(25)14-7-6-8-15(22-12(2)24)18(14)20(23)26/h6-11,21H,5H2,1-4H3,(H,22,24)/t21-/m1/s1. The Morgan fingerprint density at radius 3 is 2.42 bits per heavy atom. The molecule has 1 atom stereocenters. The Balaban J connectivity index is 2.16. The number of nitrogens with zero attached hydrogens (tertiary/aromatic N) is 1. The SMILES string of the molecule is CCOc1cc([C@H](N2C(=O)c3cccc(NC(C)=O)c3C2=O)S(C)(=O)=O)ccc1OC. The fraction of sp³-hybridized carbons (Fsp3) is 0.286. The number of ether oxygens (including phenoxy) is 2. The molecule has 31 heavy (non-hydrogen) atoms. The van der Waals surface area contributed by atoms with E-state index in [9.17, 15) is 22.8 Å². The monoisotopic (exact) mass is 446 g/mol. The van der Waals surface area contributed by atoms with Crippen LogP contribution in [0, 0.1) is 0 Å². The second kappa shape index (κ2) is 8.38. The number of sulfone groups is 1. The lowest BCUT2D eigenvalue weighted by molar-refractivity contribution is -0.114. The van der Waals surface area contributed by atoms with Crippen LogP contribution in [0.25, 0.3) is 0 Å². The Morgan fingerprint density at radius 1 is 1.13 bits per heavy atom. The Kier molecular flexibility index (Phi) is 6.03. The van der Waals surface area contributed by atoms with Gasteiger partial charge in [-0.15, -0.1) is 0 Å². The smallest absolute Gasteiger partial charge is 0.265 e. The summed E-state index contributed by atoms with van der Waals surface area (Å²) in [5.74, 6) is -1.34. The first-order chi connectivity index (χ1) is 14.6. The number of nitrogens with one attached hydrogen (secondary N) is 1. The van der Waals surface area contributed by atoms with E-state index >= 15 is 0 Å². The number of fused-ring (bicyclic) bond motifs is 1. The van der Waals surface area contributed by atoms with Gasteiger partial charge in [-0.05, 0) is 36.8 Å². The number of methoxy groups -OCH3 is 1. The average molecular weight is 446 g/mol. The summed E-state index contributed by atoms with van der Waals surface area (Å²) in [6.45, 7) is 3.33. The van der Waals surface area contributed by atoms with Crippen molar-refractivity contribution in [2.75, 3.05) is 25.3 Å². The molecule has 1 heterocycles. The minimum atomic E-state index is -3.97. The molecule has 164 valence electrons. The zero-order valence-electron chi connectivity index (χ0n) is 17.5. The summed E-state index contributed by atoms with van der Waals surface area (Å²) < 4.78 is 36.3. The summed E-state index contributed by atoms with van der Waals surface area (Å²) >= 11 is 0. The summed E-state index contributed by atoms with van der Waals surface area (Å²) in [5, 5.41) is 0.923. The summed E-state index contributed by atoms with van der Waals surface area (Å²) in [6, 6.07) is 8.82. The first-order valence-electron chi connectivity index (χ1n) is 9.38. The molecule has 0 aliphatic carbocycles. The van der Waals surface area contributed by atoms with E-state index in [0.717, 1.165) is 6.26 Å². The minimum Gasteiger partial charge on any atom is -0.493 e. The van der Waals surface area contributed by atoms with Crippen LogP contribution in [0.4, 0.5) is 5.69 Å². The van der Waals surface area contributed by atoms with Crippen molar-refractivity contribution in [3.8, 4) is 11.5 Å². The van der Waals surface area contributed by atoms with Gasteiger partial charge in [0.15, 0.2) is 26.7 Å². The second-order valence-corrected chi connectivity index (χ2v) is 9.02. The molecule has 0 unspecified atom stereocenters. The summed E-state index contributed by atoms with van der Waals surface area (Å²) in [5.41, 5.74) is 0.281. The van der Waals surface area contributed by atoms with Gasteiger partial charge in [0, 0.05) is 13.2 Å². The maximum atomic E-state index is 13.2. The van der Waals surface area contributed by atoms with Gasteiger partial charge in [-0.1, -0.05) is 12.1 Å². The van der Waals surface area contributed by atoms with Crippen molar-refractivity contribution in [2.24, 2.45) is 0 Å². The van der Waals surface area contributed by atoms with Crippen LogP contribution in [0.15, 0.2) is 36.4 Å². The van der Waals surface area contributed by atoms with Crippen molar-refractivity contribution in [1.29, 1.82) is 0 Å². The highest BCUT2D eigenvalue weighted by atomic mass is 32.2. The van der Waals surface area contributed by atoms with Crippen LogP contribution < -0.4 is 14.8 Å². The van der Waals surface area contributed by atoms with Crippen molar-refractivity contribution in [3.63, 3.8) is 0 Å². The molecule has 2 aromatic rings. The van der Waals surface area contributed by atoms with Crippen molar-refractivity contribution in [3.05, 3.63) is 53.1 Å². The molecule has 0 fully saturated rings. The molecular weight excluding hydrogens is 424 g/mol. The summed E-state index contributed by atoms with van der Waals surface area (Å²) in [7, 11) is -2.53. The Labute approximate surface area is 179 Å². The predicted octanol–water partition coefficient (Wildman–Crippen LogP) is 2.39. The molecular formula is C21H22N2O7S. The molecule has 0 bridgehead atoms. The summed E-state index contributed by atoms with van der Waals surface area (Å²) in [4.78, 5) is 38.6. The lowest BCUT2D eigenvalue weighted by Gasteiger charge is -2.25. The van der Waals surface area contributed by atoms with Gasteiger partial charge < -0.3 is 14.8 Å². The molecule has 0 saturated heterocycles. The first-order valence-corrected chi connectivity index (χ1v) is 11.3. The van der Waals surface area contributed by atoms with Gasteiger partial charge in [0.05, 0.1) is 30.5 Å². The molecule has 0 saturated carbocycles. The molecule has 1 N–H and O–H groups in total. The Hall–Kier alpha value is -3.40. The number of amides is 3. The number of imide groups is 1. The van der Waals surface area contributed by atoms with Gasteiger partial charge in [0.1, 0.15) is 0 Å². The average Bonchev–Trinajstić information content (AvgIpc) is 2.93. The Morgan fingerprint density at radius 2 is 1.84 bits per heavy atom. The molecule has 3 amide bonds. The van der Waals surface area contributed by atoms with E-state index in [-0.39, 0.29) is 28.1 Å². The lowest BCUT2D eigenvalue weighted by Crippen LogP contribution is -2.38. The quantitative estimate of drug-likeness (QED) is 0.649. The highest BCUT2D eigenvalue weighted by molar-refractivity contribution is 7.90. The van der Waals surface area contributed by atoms with Gasteiger partial charge in [0.25, 0.3) is 11.8 Å². The van der Waals surface area contributed by atoms with Crippen LogP contribution in [0.2, 0.25) is 0 Å². The molecule has 1 aliphatic rings. The van der Waals surface area contributed by atoms with Gasteiger partial charge in [-0.3, -0.25) is 19.3 Å². The van der Waals surface area contributed by atoms with Crippen molar-refractivity contribution >= 4 is 33.2 Å². The van der Waals surface area contributed by atoms with Crippen LogP contribution >= 0.6 is 0 Å². The normalized spacial score (nSPS) is 14.3. The third-order valence-electron chi connectivity index (χ3n) is 4.67. The largest absolute Gasteiger partial charge is 0.493 e. The predicted molar refractivity (Wildman–Crippen MR) is 113 cm³/mol. The molecule has 2 aromatic carbocycles. The van der Waals surface area contributed by atoms with Crippen LogP contribution in [0.3, 0.4) is 0 Å². The third-order valence-corrected chi connectivity index (χ3v) is 5.96. The van der Waals surface area contributed by atoms with Crippen LogP contribution in [0.1, 0.15) is 45.5 Å². The molecule has 3 rings (SSSR count). The Bertz CT molecular complexity index is 1170. The van der Waals surface area contributed by atoms with Crippen molar-refractivity contribution in [1.82, 2.24) is 4.90 Å². The van der Waals surface area contributed by atoms with Crippen molar-refractivity contribution in [2.45, 2.75) is 19.2 Å². The van der Waals surface area contributed by atoms with Gasteiger partial charge in [-0.2, -0.15) is 0 Å². The highest BCUT2D eigenvalue weighted by Crippen LogP contribution is 2.39. The molecule has 1 aliphatic heterocycles. The van der Waals surface area contributed by atoms with Crippen LogP contribution in [-0.2, 0) is 14.6 Å². The maximum Gasteiger partial charge on any atom is 0.265 e. The van der Waals surface area contributed by atoms with E-state index in [4.69, 9.17) is 9.47 Å². The maximum absolute atomic E-state index is 13.2. The molecule has 9 nitrogen and oxygen atoms in total. The zero-order valence-corrected chi connectivity index (χ0v) is 18.3. The first kappa shape index (κ1) is 22.3. The topological polar surface area (TPSA) is 119 Å². The van der Waals surface area contributed by atoms with Crippen LogP contribution in [0.5, 0.6) is 11.5 Å². The van der Waals surface area contributed by atoms with Gasteiger partial charge >= 0.3 is 0 Å². The number of carbonyl (C=O) groups is 3. The third kappa shape index (κ3) is 4.11. The van der Waals surface area contributed by atoms with E-state index in [2.05, 4.69) is 5.32 Å². The van der Waals surface area contributed by atoms with E-state index in [1.165, 1.54) is 50.4 Å². The number of hydrogen-bond acceptors (Lipinski definition) is 7. The van der Waals surface area contributed by atoms with E-state index < -0.39 is 32.9 Å². The molecule has 0 radical (unpaired) electrons. The molecule has 0 aromatic heterocycles. The lowest BCUT2D eigenvalue weighted by atomic mass is 10.1. The minimum absolute atomic E-state index is 0.0171. The van der Waals surface area contributed by atoms with Gasteiger partial charge in [0.2, 0.25) is 5.91 Å².